The van der Waals surface area contributed by atoms with E-state index in [0.717, 1.165) is 25.6 Å². The Kier molecular flexibility index (Phi) is 4.45. The highest BCUT2D eigenvalue weighted by molar-refractivity contribution is 4.95. The van der Waals surface area contributed by atoms with Crippen LogP contribution in [0.3, 0.4) is 0 Å². The first-order valence-electron chi connectivity index (χ1n) is 7.24. The molecule has 2 rings (SSSR count). The van der Waals surface area contributed by atoms with E-state index < -0.39 is 0 Å². The zero-order valence-corrected chi connectivity index (χ0v) is 11.5. The van der Waals surface area contributed by atoms with E-state index in [9.17, 15) is 0 Å². The Labute approximate surface area is 106 Å². The van der Waals surface area contributed by atoms with Crippen molar-refractivity contribution >= 4 is 0 Å². The Hall–Kier alpha value is -0.120. The first-order valence-corrected chi connectivity index (χ1v) is 7.24. The molecule has 1 heterocycles. The third-order valence-electron chi connectivity index (χ3n) is 4.41. The molecule has 0 aromatic heterocycles. The van der Waals surface area contributed by atoms with Crippen LogP contribution in [0.15, 0.2) is 0 Å². The maximum absolute atomic E-state index is 6.05. The molecule has 2 fully saturated rings. The molecule has 1 saturated heterocycles. The highest BCUT2D eigenvalue weighted by Gasteiger charge is 2.38. The van der Waals surface area contributed by atoms with Gasteiger partial charge < -0.3 is 10.5 Å². The lowest BCUT2D eigenvalue weighted by Crippen LogP contribution is -2.56. The van der Waals surface area contributed by atoms with Crippen LogP contribution < -0.4 is 5.73 Å². The summed E-state index contributed by atoms with van der Waals surface area (Å²) in [5.74, 6) is 0.941. The molecule has 2 N–H and O–H groups in total. The third-order valence-corrected chi connectivity index (χ3v) is 4.41. The number of likely N-dealkylation sites (tertiary alicyclic amines) is 1. The summed E-state index contributed by atoms with van der Waals surface area (Å²) in [6.45, 7) is 8.33. The number of nitrogens with two attached hydrogens (primary N) is 1. The Morgan fingerprint density at radius 2 is 2.12 bits per heavy atom. The third kappa shape index (κ3) is 3.43. The van der Waals surface area contributed by atoms with Gasteiger partial charge in [-0.05, 0) is 45.6 Å². The lowest BCUT2D eigenvalue weighted by atomic mass is 9.90. The fourth-order valence-corrected chi connectivity index (χ4v) is 3.09. The van der Waals surface area contributed by atoms with Gasteiger partial charge in [-0.15, -0.1) is 0 Å². The van der Waals surface area contributed by atoms with Gasteiger partial charge in [0.15, 0.2) is 0 Å². The van der Waals surface area contributed by atoms with Crippen molar-refractivity contribution in [2.24, 2.45) is 11.7 Å². The number of piperidine rings is 1. The predicted molar refractivity (Wildman–Crippen MR) is 71.0 cm³/mol. The van der Waals surface area contributed by atoms with Crippen molar-refractivity contribution in [1.82, 2.24) is 4.90 Å². The molecule has 2 aliphatic rings. The van der Waals surface area contributed by atoms with Gasteiger partial charge in [0, 0.05) is 25.2 Å². The lowest BCUT2D eigenvalue weighted by Gasteiger charge is -2.45. The van der Waals surface area contributed by atoms with E-state index in [1.54, 1.807) is 0 Å². The topological polar surface area (TPSA) is 38.5 Å². The highest BCUT2D eigenvalue weighted by atomic mass is 16.5. The van der Waals surface area contributed by atoms with Gasteiger partial charge in [-0.2, -0.15) is 0 Å². The molecule has 0 radical (unpaired) electrons. The van der Waals surface area contributed by atoms with Crippen molar-refractivity contribution in [3.05, 3.63) is 0 Å². The largest absolute Gasteiger partial charge is 0.377 e. The van der Waals surface area contributed by atoms with E-state index in [2.05, 4.69) is 18.7 Å². The molecule has 1 aliphatic heterocycles. The quantitative estimate of drug-likeness (QED) is 0.772. The second-order valence-electron chi connectivity index (χ2n) is 6.01. The summed E-state index contributed by atoms with van der Waals surface area (Å²) in [6.07, 6.45) is 7.01. The van der Waals surface area contributed by atoms with Crippen LogP contribution in [0.1, 0.15) is 46.0 Å². The molecular weight excluding hydrogens is 212 g/mol. The summed E-state index contributed by atoms with van der Waals surface area (Å²) in [5.41, 5.74) is 6.26. The second-order valence-corrected chi connectivity index (χ2v) is 6.01. The number of nitrogens with zero attached hydrogens (tertiary/aromatic N) is 1. The Bertz CT molecular complexity index is 240. The monoisotopic (exact) mass is 240 g/mol. The predicted octanol–water partition coefficient (Wildman–Crippen LogP) is 2.00. The number of hydrogen-bond acceptors (Lipinski definition) is 3. The molecular formula is C14H28N2O. The first-order chi connectivity index (χ1) is 8.18. The van der Waals surface area contributed by atoms with Crippen molar-refractivity contribution in [3.8, 4) is 0 Å². The average Bonchev–Trinajstić information content (AvgIpc) is 3.13. The SMILES string of the molecule is CCOC1CCCN(C(C)(CN)CC2CC2)C1. The molecule has 17 heavy (non-hydrogen) atoms. The summed E-state index contributed by atoms with van der Waals surface area (Å²) >= 11 is 0. The minimum absolute atomic E-state index is 0.205. The van der Waals surface area contributed by atoms with Crippen molar-refractivity contribution in [2.75, 3.05) is 26.2 Å². The lowest BCUT2D eigenvalue weighted by molar-refractivity contribution is -0.0315. The molecule has 0 amide bonds. The number of ether oxygens (including phenoxy) is 1. The fourth-order valence-electron chi connectivity index (χ4n) is 3.09. The zero-order chi connectivity index (χ0) is 12.3. The summed E-state index contributed by atoms with van der Waals surface area (Å²) < 4.78 is 5.79. The van der Waals surface area contributed by atoms with Crippen LogP contribution in [-0.2, 0) is 4.74 Å². The van der Waals surface area contributed by atoms with Gasteiger partial charge in [-0.1, -0.05) is 12.8 Å². The molecule has 1 aliphatic carbocycles. The summed E-state index contributed by atoms with van der Waals surface area (Å²) in [6, 6.07) is 0. The van der Waals surface area contributed by atoms with Crippen LogP contribution in [0.5, 0.6) is 0 Å². The molecule has 0 spiro atoms. The van der Waals surface area contributed by atoms with Crippen LogP contribution in [0.2, 0.25) is 0 Å². The molecule has 1 saturated carbocycles. The van der Waals surface area contributed by atoms with Gasteiger partial charge in [-0.25, -0.2) is 0 Å². The van der Waals surface area contributed by atoms with E-state index in [0.29, 0.717) is 6.10 Å². The molecule has 2 atom stereocenters. The van der Waals surface area contributed by atoms with Crippen LogP contribution in [0.4, 0.5) is 0 Å². The van der Waals surface area contributed by atoms with Crippen molar-refractivity contribution in [2.45, 2.75) is 57.6 Å². The van der Waals surface area contributed by atoms with Gasteiger partial charge in [-0.3, -0.25) is 4.90 Å². The number of hydrogen-bond donors (Lipinski definition) is 1. The molecule has 0 aromatic carbocycles. The zero-order valence-electron chi connectivity index (χ0n) is 11.5. The Morgan fingerprint density at radius 1 is 1.35 bits per heavy atom. The van der Waals surface area contributed by atoms with E-state index >= 15 is 0 Å². The molecule has 0 aromatic rings. The Balaban J connectivity index is 1.92. The summed E-state index contributed by atoms with van der Waals surface area (Å²) in [4.78, 5) is 2.59. The molecule has 2 unspecified atom stereocenters. The van der Waals surface area contributed by atoms with Crippen LogP contribution >= 0.6 is 0 Å². The molecule has 100 valence electrons. The maximum atomic E-state index is 6.05. The fraction of sp³-hybridized carbons (Fsp3) is 1.00. The Morgan fingerprint density at radius 3 is 2.71 bits per heavy atom. The standard InChI is InChI=1S/C14H28N2O/c1-3-17-13-5-4-8-16(10-13)14(2,11-15)9-12-6-7-12/h12-13H,3-11,15H2,1-2H3. The van der Waals surface area contributed by atoms with Crippen LogP contribution in [0, 0.1) is 5.92 Å². The van der Waals surface area contributed by atoms with Crippen molar-refractivity contribution < 1.29 is 4.74 Å². The van der Waals surface area contributed by atoms with Crippen LogP contribution in [-0.4, -0.2) is 42.8 Å². The van der Waals surface area contributed by atoms with E-state index in [1.165, 1.54) is 38.6 Å². The number of rotatable bonds is 6. The highest BCUT2D eigenvalue weighted by Crippen LogP contribution is 2.39. The van der Waals surface area contributed by atoms with E-state index in [4.69, 9.17) is 10.5 Å². The molecule has 0 bridgehead atoms. The average molecular weight is 240 g/mol. The minimum atomic E-state index is 0.205. The minimum Gasteiger partial charge on any atom is -0.377 e. The van der Waals surface area contributed by atoms with Gasteiger partial charge in [0.1, 0.15) is 0 Å². The smallest absolute Gasteiger partial charge is 0.0702 e. The van der Waals surface area contributed by atoms with Gasteiger partial charge in [0.05, 0.1) is 6.10 Å². The van der Waals surface area contributed by atoms with Crippen molar-refractivity contribution in [1.29, 1.82) is 0 Å². The van der Waals surface area contributed by atoms with Gasteiger partial charge in [0.25, 0.3) is 0 Å². The normalized spacial score (nSPS) is 30.2. The van der Waals surface area contributed by atoms with Gasteiger partial charge in [0.2, 0.25) is 0 Å². The van der Waals surface area contributed by atoms with Crippen LogP contribution in [0.25, 0.3) is 0 Å². The molecule has 3 heteroatoms. The van der Waals surface area contributed by atoms with E-state index in [-0.39, 0.29) is 5.54 Å². The summed E-state index contributed by atoms with van der Waals surface area (Å²) in [5, 5.41) is 0. The van der Waals surface area contributed by atoms with Crippen molar-refractivity contribution in [3.63, 3.8) is 0 Å². The van der Waals surface area contributed by atoms with Gasteiger partial charge >= 0.3 is 0 Å². The summed E-state index contributed by atoms with van der Waals surface area (Å²) in [7, 11) is 0. The maximum Gasteiger partial charge on any atom is 0.0702 e. The second kappa shape index (κ2) is 5.68. The first kappa shape index (κ1) is 13.3. The molecule has 3 nitrogen and oxygen atoms in total. The van der Waals surface area contributed by atoms with E-state index in [1.807, 2.05) is 0 Å².